The molecule has 0 spiro atoms. The predicted octanol–water partition coefficient (Wildman–Crippen LogP) is 2.10. The van der Waals surface area contributed by atoms with Gasteiger partial charge in [-0.1, -0.05) is 12.1 Å². The maximum atomic E-state index is 11.6. The Morgan fingerprint density at radius 2 is 2.00 bits per heavy atom. The van der Waals surface area contributed by atoms with E-state index in [4.69, 9.17) is 0 Å². The van der Waals surface area contributed by atoms with Crippen molar-refractivity contribution in [1.29, 1.82) is 0 Å². The van der Waals surface area contributed by atoms with Gasteiger partial charge >= 0.3 is 5.97 Å². The third-order valence-corrected chi connectivity index (χ3v) is 3.84. The minimum atomic E-state index is -0.556. The molecule has 0 aliphatic heterocycles. The SMILES string of the molecule is COC(=O)/C=C/C(=O)NCc1ccc(-n2ccc(C3CC3)n2)cc1. The highest BCUT2D eigenvalue weighted by Gasteiger charge is 2.25. The van der Waals surface area contributed by atoms with E-state index in [1.54, 1.807) is 0 Å². The Kier molecular flexibility index (Phi) is 4.74. The van der Waals surface area contributed by atoms with Crippen LogP contribution in [0.5, 0.6) is 0 Å². The number of hydrogen-bond donors (Lipinski definition) is 1. The third kappa shape index (κ3) is 4.10. The number of rotatable bonds is 6. The predicted molar refractivity (Wildman–Crippen MR) is 88.5 cm³/mol. The number of esters is 1. The molecule has 6 heteroatoms. The van der Waals surface area contributed by atoms with Crippen LogP contribution in [0.4, 0.5) is 0 Å². The first-order valence-electron chi connectivity index (χ1n) is 7.84. The van der Waals surface area contributed by atoms with Gasteiger partial charge < -0.3 is 10.1 Å². The molecule has 0 unspecified atom stereocenters. The number of nitrogens with one attached hydrogen (secondary N) is 1. The lowest BCUT2D eigenvalue weighted by Gasteiger charge is -2.05. The van der Waals surface area contributed by atoms with E-state index in [1.165, 1.54) is 20.0 Å². The Hall–Kier alpha value is -2.89. The van der Waals surface area contributed by atoms with Crippen LogP contribution < -0.4 is 5.32 Å². The monoisotopic (exact) mass is 325 g/mol. The first-order valence-corrected chi connectivity index (χ1v) is 7.84. The third-order valence-electron chi connectivity index (χ3n) is 3.84. The molecule has 1 aromatic carbocycles. The van der Waals surface area contributed by atoms with Gasteiger partial charge in [0, 0.05) is 30.8 Å². The molecule has 1 amide bonds. The van der Waals surface area contributed by atoms with Crippen molar-refractivity contribution in [2.75, 3.05) is 7.11 Å². The molecule has 1 N–H and O–H groups in total. The minimum absolute atomic E-state index is 0.342. The summed E-state index contributed by atoms with van der Waals surface area (Å²) in [5.41, 5.74) is 3.11. The number of carbonyl (C=O) groups excluding carboxylic acids is 2. The summed E-state index contributed by atoms with van der Waals surface area (Å²) in [4.78, 5) is 22.5. The fourth-order valence-corrected chi connectivity index (χ4v) is 2.31. The summed E-state index contributed by atoms with van der Waals surface area (Å²) in [6.07, 6.45) is 6.69. The lowest BCUT2D eigenvalue weighted by atomic mass is 10.2. The van der Waals surface area contributed by atoms with Crippen molar-refractivity contribution < 1.29 is 14.3 Å². The number of benzene rings is 1. The van der Waals surface area contributed by atoms with Crippen LogP contribution in [0.2, 0.25) is 0 Å². The van der Waals surface area contributed by atoms with Gasteiger partial charge in [0.15, 0.2) is 0 Å². The molecule has 6 nitrogen and oxygen atoms in total. The Balaban J connectivity index is 1.55. The Bertz CT molecular complexity index is 758. The zero-order valence-corrected chi connectivity index (χ0v) is 13.4. The quantitative estimate of drug-likeness (QED) is 0.652. The second-order valence-corrected chi connectivity index (χ2v) is 5.70. The van der Waals surface area contributed by atoms with Crippen molar-refractivity contribution in [3.8, 4) is 5.69 Å². The fourth-order valence-electron chi connectivity index (χ4n) is 2.31. The van der Waals surface area contributed by atoms with E-state index in [0.717, 1.165) is 29.1 Å². The normalized spacial score (nSPS) is 13.9. The van der Waals surface area contributed by atoms with E-state index in [2.05, 4.69) is 21.2 Å². The lowest BCUT2D eigenvalue weighted by molar-refractivity contribution is -0.135. The van der Waals surface area contributed by atoms with Crippen molar-refractivity contribution in [3.63, 3.8) is 0 Å². The van der Waals surface area contributed by atoms with Crippen molar-refractivity contribution in [2.24, 2.45) is 0 Å². The second kappa shape index (κ2) is 7.12. The van der Waals surface area contributed by atoms with Crippen LogP contribution in [0.15, 0.2) is 48.7 Å². The van der Waals surface area contributed by atoms with Crippen molar-refractivity contribution >= 4 is 11.9 Å². The molecule has 124 valence electrons. The summed E-state index contributed by atoms with van der Waals surface area (Å²) in [5.74, 6) is -0.260. The maximum Gasteiger partial charge on any atom is 0.330 e. The molecule has 3 rings (SSSR count). The van der Waals surface area contributed by atoms with Gasteiger partial charge in [0.05, 0.1) is 18.5 Å². The molecule has 1 saturated carbocycles. The molecule has 1 heterocycles. The first-order chi connectivity index (χ1) is 11.7. The zero-order chi connectivity index (χ0) is 16.9. The highest BCUT2D eigenvalue weighted by molar-refractivity contribution is 5.94. The van der Waals surface area contributed by atoms with E-state index in [0.29, 0.717) is 12.5 Å². The van der Waals surface area contributed by atoms with E-state index in [-0.39, 0.29) is 5.91 Å². The minimum Gasteiger partial charge on any atom is -0.466 e. The van der Waals surface area contributed by atoms with Crippen molar-refractivity contribution in [2.45, 2.75) is 25.3 Å². The summed E-state index contributed by atoms with van der Waals surface area (Å²) in [7, 11) is 1.26. The molecule has 0 saturated heterocycles. The Morgan fingerprint density at radius 1 is 1.25 bits per heavy atom. The topological polar surface area (TPSA) is 73.2 Å². The number of amides is 1. The molecular weight excluding hydrogens is 306 g/mol. The molecule has 2 aromatic rings. The number of aromatic nitrogens is 2. The van der Waals surface area contributed by atoms with Gasteiger partial charge in [-0.2, -0.15) is 5.10 Å². The van der Waals surface area contributed by atoms with Gasteiger partial charge in [-0.3, -0.25) is 4.79 Å². The highest BCUT2D eigenvalue weighted by Crippen LogP contribution is 2.39. The fraction of sp³-hybridized carbons (Fsp3) is 0.278. The summed E-state index contributed by atoms with van der Waals surface area (Å²) < 4.78 is 6.30. The van der Waals surface area contributed by atoms with E-state index < -0.39 is 5.97 Å². The van der Waals surface area contributed by atoms with Crippen molar-refractivity contribution in [3.05, 3.63) is 59.9 Å². The molecule has 0 radical (unpaired) electrons. The number of nitrogens with zero attached hydrogens (tertiary/aromatic N) is 2. The standard InChI is InChI=1S/C18H19N3O3/c1-24-18(23)9-8-17(22)19-12-13-2-6-15(7-3-13)21-11-10-16(20-21)14-4-5-14/h2-3,6-11,14H,4-5,12H2,1H3,(H,19,22)/b9-8+. The molecule has 1 aliphatic rings. The van der Waals surface area contributed by atoms with Crippen molar-refractivity contribution in [1.82, 2.24) is 15.1 Å². The Morgan fingerprint density at radius 3 is 2.67 bits per heavy atom. The summed E-state index contributed by atoms with van der Waals surface area (Å²) in [5, 5.41) is 7.30. The molecule has 0 bridgehead atoms. The van der Waals surface area contributed by atoms with Crippen LogP contribution in [0, 0.1) is 0 Å². The molecular formula is C18H19N3O3. The van der Waals surface area contributed by atoms with Crippen LogP contribution in [0.1, 0.15) is 30.0 Å². The first kappa shape index (κ1) is 16.0. The largest absolute Gasteiger partial charge is 0.466 e. The van der Waals surface area contributed by atoms with Gasteiger partial charge in [-0.05, 0) is 36.6 Å². The molecule has 24 heavy (non-hydrogen) atoms. The summed E-state index contributed by atoms with van der Waals surface area (Å²) >= 11 is 0. The van der Waals surface area contributed by atoms with Gasteiger partial charge in [0.1, 0.15) is 0 Å². The van der Waals surface area contributed by atoms with Gasteiger partial charge in [-0.25, -0.2) is 9.48 Å². The molecule has 1 aliphatic carbocycles. The van der Waals surface area contributed by atoms with Gasteiger partial charge in [0.25, 0.3) is 0 Å². The number of hydrogen-bond acceptors (Lipinski definition) is 4. The van der Waals surface area contributed by atoms with E-state index in [9.17, 15) is 9.59 Å². The summed E-state index contributed by atoms with van der Waals surface area (Å²) in [6.45, 7) is 0.386. The summed E-state index contributed by atoms with van der Waals surface area (Å²) in [6, 6.07) is 9.89. The zero-order valence-electron chi connectivity index (χ0n) is 13.4. The molecule has 1 fully saturated rings. The average Bonchev–Trinajstić information content (AvgIpc) is 3.35. The van der Waals surface area contributed by atoms with Gasteiger partial charge in [-0.15, -0.1) is 0 Å². The Labute approximate surface area is 140 Å². The number of ether oxygens (including phenoxy) is 1. The van der Waals surface area contributed by atoms with E-state index in [1.807, 2.05) is 35.1 Å². The second-order valence-electron chi connectivity index (χ2n) is 5.70. The molecule has 0 atom stereocenters. The highest BCUT2D eigenvalue weighted by atomic mass is 16.5. The van der Waals surface area contributed by atoms with Gasteiger partial charge in [0.2, 0.25) is 5.91 Å². The number of carbonyl (C=O) groups is 2. The van der Waals surface area contributed by atoms with Crippen LogP contribution in [-0.2, 0) is 20.9 Å². The maximum absolute atomic E-state index is 11.6. The smallest absolute Gasteiger partial charge is 0.330 e. The number of methoxy groups -OCH3 is 1. The van der Waals surface area contributed by atoms with Crippen LogP contribution in [0.25, 0.3) is 5.69 Å². The lowest BCUT2D eigenvalue weighted by Crippen LogP contribution is -2.20. The van der Waals surface area contributed by atoms with Crippen LogP contribution in [0.3, 0.4) is 0 Å². The van der Waals surface area contributed by atoms with Crippen LogP contribution >= 0.6 is 0 Å². The average molecular weight is 325 g/mol. The molecule has 1 aromatic heterocycles. The van der Waals surface area contributed by atoms with Crippen LogP contribution in [-0.4, -0.2) is 28.8 Å². The van der Waals surface area contributed by atoms with E-state index >= 15 is 0 Å².